The minimum Gasteiger partial charge on any atom is -0.361 e. The Balaban J connectivity index is 1.58. The average molecular weight is 380 g/mol. The van der Waals surface area contributed by atoms with Crippen LogP contribution in [0.2, 0.25) is 0 Å². The molecule has 1 aliphatic heterocycles. The summed E-state index contributed by atoms with van der Waals surface area (Å²) in [4.78, 5) is 19.8. The minimum atomic E-state index is -4.40. The Morgan fingerprint density at radius 3 is 2.41 bits per heavy atom. The standard InChI is InChI=1S/C18H19F3N4O2/c1-12-15(13(2)27-23-12)4-6-17(26)25-9-7-24(8-10-25)16-5-3-14(11-22-16)18(19,20)21/h3-6,11H,7-10H2,1-2H3/b6-4+. The molecule has 0 aromatic carbocycles. The summed E-state index contributed by atoms with van der Waals surface area (Å²) in [7, 11) is 0. The topological polar surface area (TPSA) is 62.5 Å². The molecule has 0 aliphatic carbocycles. The quantitative estimate of drug-likeness (QED) is 0.766. The molecule has 0 atom stereocenters. The normalized spacial score (nSPS) is 15.6. The lowest BCUT2D eigenvalue weighted by atomic mass is 10.2. The maximum atomic E-state index is 12.6. The van der Waals surface area contributed by atoms with Crippen molar-refractivity contribution < 1.29 is 22.5 Å². The van der Waals surface area contributed by atoms with Crippen molar-refractivity contribution in [2.75, 3.05) is 31.1 Å². The van der Waals surface area contributed by atoms with Crippen LogP contribution in [-0.2, 0) is 11.0 Å². The number of aryl methyl sites for hydroxylation is 2. The summed E-state index contributed by atoms with van der Waals surface area (Å²) in [6.07, 6.45) is -0.394. The van der Waals surface area contributed by atoms with Crippen LogP contribution in [0.3, 0.4) is 0 Å². The Labute approximate surface area is 154 Å². The van der Waals surface area contributed by atoms with Gasteiger partial charge in [0.15, 0.2) is 0 Å². The maximum Gasteiger partial charge on any atom is 0.417 e. The van der Waals surface area contributed by atoms with Crippen molar-refractivity contribution in [1.29, 1.82) is 0 Å². The number of piperazine rings is 1. The Kier molecular flexibility index (Phi) is 5.20. The number of amides is 1. The van der Waals surface area contributed by atoms with Gasteiger partial charge in [0.05, 0.1) is 11.3 Å². The van der Waals surface area contributed by atoms with Crippen LogP contribution in [0, 0.1) is 13.8 Å². The SMILES string of the molecule is Cc1noc(C)c1/C=C/C(=O)N1CCN(c2ccc(C(F)(F)F)cn2)CC1. The Bertz CT molecular complexity index is 816. The predicted octanol–water partition coefficient (Wildman–Crippen LogP) is 3.07. The van der Waals surface area contributed by atoms with Crippen LogP contribution in [0.25, 0.3) is 6.08 Å². The van der Waals surface area contributed by atoms with Crippen molar-refractivity contribution in [3.05, 3.63) is 47.0 Å². The summed E-state index contributed by atoms with van der Waals surface area (Å²) in [5.41, 5.74) is 0.732. The van der Waals surface area contributed by atoms with Crippen molar-refractivity contribution in [3.8, 4) is 0 Å². The highest BCUT2D eigenvalue weighted by Crippen LogP contribution is 2.29. The highest BCUT2D eigenvalue weighted by Gasteiger charge is 2.31. The maximum absolute atomic E-state index is 12.6. The second-order valence-electron chi connectivity index (χ2n) is 6.29. The lowest BCUT2D eigenvalue weighted by molar-refractivity contribution is -0.137. The van der Waals surface area contributed by atoms with E-state index in [1.165, 1.54) is 12.1 Å². The van der Waals surface area contributed by atoms with Crippen LogP contribution in [0.4, 0.5) is 19.0 Å². The summed E-state index contributed by atoms with van der Waals surface area (Å²) in [5, 5.41) is 3.84. The number of hydrogen-bond acceptors (Lipinski definition) is 5. The summed E-state index contributed by atoms with van der Waals surface area (Å²) in [6.45, 7) is 5.52. The van der Waals surface area contributed by atoms with Crippen LogP contribution < -0.4 is 4.90 Å². The molecular weight excluding hydrogens is 361 g/mol. The van der Waals surface area contributed by atoms with E-state index >= 15 is 0 Å². The number of anilines is 1. The van der Waals surface area contributed by atoms with Crippen LogP contribution >= 0.6 is 0 Å². The number of pyridine rings is 1. The van der Waals surface area contributed by atoms with Gasteiger partial charge >= 0.3 is 6.18 Å². The van der Waals surface area contributed by atoms with E-state index in [9.17, 15) is 18.0 Å². The first kappa shape index (κ1) is 18.9. The molecule has 0 radical (unpaired) electrons. The molecule has 1 amide bonds. The van der Waals surface area contributed by atoms with Gasteiger partial charge in [-0.25, -0.2) is 4.98 Å². The van der Waals surface area contributed by atoms with Gasteiger partial charge in [0.25, 0.3) is 0 Å². The molecule has 1 aliphatic rings. The molecule has 1 saturated heterocycles. The first-order valence-corrected chi connectivity index (χ1v) is 8.44. The molecule has 0 unspecified atom stereocenters. The number of carbonyl (C=O) groups is 1. The van der Waals surface area contributed by atoms with E-state index in [2.05, 4.69) is 10.1 Å². The van der Waals surface area contributed by atoms with Crippen molar-refractivity contribution in [3.63, 3.8) is 0 Å². The highest BCUT2D eigenvalue weighted by atomic mass is 19.4. The smallest absolute Gasteiger partial charge is 0.361 e. The molecule has 9 heteroatoms. The Morgan fingerprint density at radius 1 is 1.19 bits per heavy atom. The van der Waals surface area contributed by atoms with Gasteiger partial charge in [-0.05, 0) is 32.1 Å². The van der Waals surface area contributed by atoms with E-state index in [1.54, 1.807) is 24.8 Å². The summed E-state index contributed by atoms with van der Waals surface area (Å²) in [5.74, 6) is 0.992. The molecule has 6 nitrogen and oxygen atoms in total. The monoisotopic (exact) mass is 380 g/mol. The van der Waals surface area contributed by atoms with E-state index in [0.29, 0.717) is 37.8 Å². The van der Waals surface area contributed by atoms with Gasteiger partial charge in [0.2, 0.25) is 5.91 Å². The number of aromatic nitrogens is 2. The average Bonchev–Trinajstić information content (AvgIpc) is 2.97. The first-order chi connectivity index (χ1) is 12.8. The third kappa shape index (κ3) is 4.29. The van der Waals surface area contributed by atoms with Gasteiger partial charge in [-0.15, -0.1) is 0 Å². The second-order valence-corrected chi connectivity index (χ2v) is 6.29. The fourth-order valence-corrected chi connectivity index (χ4v) is 2.88. The molecule has 1 fully saturated rings. The van der Waals surface area contributed by atoms with Crippen molar-refractivity contribution in [2.24, 2.45) is 0 Å². The van der Waals surface area contributed by atoms with Crippen molar-refractivity contribution >= 4 is 17.8 Å². The lowest BCUT2D eigenvalue weighted by Crippen LogP contribution is -2.48. The zero-order chi connectivity index (χ0) is 19.6. The largest absolute Gasteiger partial charge is 0.417 e. The van der Waals surface area contributed by atoms with Crippen LogP contribution in [-0.4, -0.2) is 47.1 Å². The third-order valence-corrected chi connectivity index (χ3v) is 4.47. The Hall–Kier alpha value is -2.84. The molecule has 27 heavy (non-hydrogen) atoms. The van der Waals surface area contributed by atoms with Gasteiger partial charge in [-0.1, -0.05) is 5.16 Å². The first-order valence-electron chi connectivity index (χ1n) is 8.44. The molecule has 0 saturated carbocycles. The molecule has 0 spiro atoms. The number of carbonyl (C=O) groups excluding carboxylic acids is 1. The fourth-order valence-electron chi connectivity index (χ4n) is 2.88. The predicted molar refractivity (Wildman–Crippen MR) is 93.0 cm³/mol. The second kappa shape index (κ2) is 7.42. The molecule has 0 bridgehead atoms. The zero-order valence-electron chi connectivity index (χ0n) is 15.0. The number of nitrogens with zero attached hydrogens (tertiary/aromatic N) is 4. The van der Waals surface area contributed by atoms with E-state index in [0.717, 1.165) is 23.5 Å². The zero-order valence-corrected chi connectivity index (χ0v) is 15.0. The number of alkyl halides is 3. The Morgan fingerprint density at radius 2 is 1.89 bits per heavy atom. The van der Waals surface area contributed by atoms with E-state index in [1.807, 2.05) is 4.90 Å². The van der Waals surface area contributed by atoms with Gasteiger partial charge in [-0.3, -0.25) is 4.79 Å². The highest BCUT2D eigenvalue weighted by molar-refractivity contribution is 5.92. The summed E-state index contributed by atoms with van der Waals surface area (Å²) < 4.78 is 42.9. The number of halogens is 3. The van der Waals surface area contributed by atoms with Crippen LogP contribution in [0.5, 0.6) is 0 Å². The van der Waals surface area contributed by atoms with Crippen LogP contribution in [0.1, 0.15) is 22.6 Å². The molecule has 3 rings (SSSR count). The molecular formula is C18H19F3N4O2. The third-order valence-electron chi connectivity index (χ3n) is 4.47. The van der Waals surface area contributed by atoms with Gasteiger partial charge in [-0.2, -0.15) is 13.2 Å². The summed E-state index contributed by atoms with van der Waals surface area (Å²) in [6, 6.07) is 2.38. The van der Waals surface area contributed by atoms with Crippen LogP contribution in [0.15, 0.2) is 28.9 Å². The number of hydrogen-bond donors (Lipinski definition) is 0. The number of rotatable bonds is 3. The molecule has 0 N–H and O–H groups in total. The minimum absolute atomic E-state index is 0.130. The molecule has 2 aromatic heterocycles. The summed E-state index contributed by atoms with van der Waals surface area (Å²) >= 11 is 0. The molecule has 3 heterocycles. The van der Waals surface area contributed by atoms with Gasteiger partial charge < -0.3 is 14.3 Å². The van der Waals surface area contributed by atoms with Gasteiger partial charge in [0, 0.05) is 44.0 Å². The van der Waals surface area contributed by atoms with E-state index in [-0.39, 0.29) is 5.91 Å². The fraction of sp³-hybridized carbons (Fsp3) is 0.389. The lowest BCUT2D eigenvalue weighted by Gasteiger charge is -2.35. The van der Waals surface area contributed by atoms with E-state index < -0.39 is 11.7 Å². The molecule has 144 valence electrons. The van der Waals surface area contributed by atoms with Crippen molar-refractivity contribution in [2.45, 2.75) is 20.0 Å². The van der Waals surface area contributed by atoms with Crippen molar-refractivity contribution in [1.82, 2.24) is 15.0 Å². The van der Waals surface area contributed by atoms with Gasteiger partial charge in [0.1, 0.15) is 11.6 Å². The van der Waals surface area contributed by atoms with E-state index in [4.69, 9.17) is 4.52 Å². The molecule has 2 aromatic rings.